The van der Waals surface area contributed by atoms with Gasteiger partial charge in [-0.1, -0.05) is 6.07 Å². The first-order valence-electron chi connectivity index (χ1n) is 9.19. The molecule has 1 aliphatic rings. The van der Waals surface area contributed by atoms with Gasteiger partial charge in [0.15, 0.2) is 6.04 Å². The van der Waals surface area contributed by atoms with Crippen LogP contribution >= 0.6 is 0 Å². The third-order valence-electron chi connectivity index (χ3n) is 5.23. The third-order valence-corrected chi connectivity index (χ3v) is 5.23. The maximum atomic E-state index is 12.7. The van der Waals surface area contributed by atoms with Crippen molar-refractivity contribution < 1.29 is 14.7 Å². The molecule has 4 rings (SSSR count). The molecule has 0 saturated carbocycles. The van der Waals surface area contributed by atoms with Crippen LogP contribution in [0.15, 0.2) is 47.4 Å². The highest BCUT2D eigenvalue weighted by atomic mass is 16.2. The predicted molar refractivity (Wildman–Crippen MR) is 103 cm³/mol. The van der Waals surface area contributed by atoms with E-state index in [0.29, 0.717) is 11.2 Å². The molecule has 5 N–H and O–H groups in total. The minimum atomic E-state index is -0.250. The summed E-state index contributed by atoms with van der Waals surface area (Å²) in [6.07, 6.45) is 1.93. The fourth-order valence-corrected chi connectivity index (χ4v) is 3.59. The number of hydrogen-bond donors (Lipinski definition) is 4. The molecule has 1 fully saturated rings. The Bertz CT molecular complexity index is 988. The van der Waals surface area contributed by atoms with E-state index in [1.165, 1.54) is 4.90 Å². The summed E-state index contributed by atoms with van der Waals surface area (Å²) >= 11 is 0. The van der Waals surface area contributed by atoms with Crippen molar-refractivity contribution in [3.63, 3.8) is 0 Å². The Morgan fingerprint density at radius 1 is 1.19 bits per heavy atom. The minimum absolute atomic E-state index is 0.0121. The van der Waals surface area contributed by atoms with Gasteiger partial charge in [-0.05, 0) is 31.2 Å². The number of quaternary nitrogens is 1. The molecule has 1 aliphatic heterocycles. The van der Waals surface area contributed by atoms with Gasteiger partial charge in [-0.15, -0.1) is 0 Å². The molecular formula is C19H24N6O2+2. The maximum Gasteiger partial charge on any atom is 0.323 e. The number of nitrogens with one attached hydrogen (secondary N) is 5. The topological polar surface area (TPSA) is 99.6 Å². The highest BCUT2D eigenvalue weighted by molar-refractivity contribution is 5.95. The monoisotopic (exact) mass is 368 g/mol. The largest absolute Gasteiger partial charge is 0.323 e. The highest BCUT2D eigenvalue weighted by Crippen LogP contribution is 2.14. The number of H-pyrrole nitrogens is 3. The molecule has 0 aliphatic carbocycles. The zero-order chi connectivity index (χ0) is 18.8. The number of aromatic nitrogens is 3. The number of aromatic amines is 3. The number of hydrogen-bond acceptors (Lipinski definition) is 3. The molecule has 0 unspecified atom stereocenters. The fraction of sp³-hybridized carbons (Fsp3) is 0.316. The summed E-state index contributed by atoms with van der Waals surface area (Å²) < 4.78 is 0. The Balaban J connectivity index is 1.37. The standard InChI is InChI=1S/C19H22N6O2/c1-13(24-8-10-25(11-9-24)17-4-2-3-7-20-17)18(26)21-14-5-6-15-16(12-14)23-19(27)22-15/h2-7,12-13H,8-11H2,1H3,(H,21,26)(H2,22,23,27)/p+2/t13-/m1/s1. The summed E-state index contributed by atoms with van der Waals surface area (Å²) in [5.41, 5.74) is 1.85. The number of amides is 1. The number of piperazine rings is 1. The van der Waals surface area contributed by atoms with Crippen LogP contribution in [0.5, 0.6) is 0 Å². The number of pyridine rings is 1. The number of rotatable bonds is 4. The summed E-state index contributed by atoms with van der Waals surface area (Å²) in [5.74, 6) is 1.10. The first kappa shape index (κ1) is 17.3. The second-order valence-corrected chi connectivity index (χ2v) is 6.94. The average Bonchev–Trinajstić information content (AvgIpc) is 3.07. The van der Waals surface area contributed by atoms with Crippen LogP contribution in [0, 0.1) is 0 Å². The van der Waals surface area contributed by atoms with Gasteiger partial charge in [-0.3, -0.25) is 9.69 Å². The summed E-state index contributed by atoms with van der Waals surface area (Å²) in [6.45, 7) is 5.59. The van der Waals surface area contributed by atoms with Crippen molar-refractivity contribution in [3.05, 3.63) is 53.1 Å². The van der Waals surface area contributed by atoms with Crippen LogP contribution in [0.1, 0.15) is 6.92 Å². The van der Waals surface area contributed by atoms with E-state index < -0.39 is 0 Å². The van der Waals surface area contributed by atoms with Gasteiger partial charge in [-0.25, -0.2) is 9.78 Å². The number of carbonyl (C=O) groups is 1. The van der Waals surface area contributed by atoms with E-state index in [2.05, 4.69) is 31.2 Å². The van der Waals surface area contributed by atoms with Crippen molar-refractivity contribution in [3.8, 4) is 0 Å². The quantitative estimate of drug-likeness (QED) is 0.495. The molecule has 0 bridgehead atoms. The molecule has 1 saturated heterocycles. The Labute approximate surface area is 156 Å². The van der Waals surface area contributed by atoms with Crippen molar-refractivity contribution in [1.29, 1.82) is 0 Å². The summed E-state index contributed by atoms with van der Waals surface area (Å²) in [5, 5.41) is 2.97. The van der Waals surface area contributed by atoms with Crippen LogP contribution in [0.25, 0.3) is 11.0 Å². The smallest absolute Gasteiger partial charge is 0.321 e. The number of fused-ring (bicyclic) bond motifs is 1. The Morgan fingerprint density at radius 2 is 1.96 bits per heavy atom. The summed E-state index contributed by atoms with van der Waals surface area (Å²) in [6, 6.07) is 11.3. The van der Waals surface area contributed by atoms with Crippen LogP contribution in [-0.4, -0.2) is 48.1 Å². The zero-order valence-corrected chi connectivity index (χ0v) is 15.2. The van der Waals surface area contributed by atoms with Gasteiger partial charge in [0.25, 0.3) is 11.7 Å². The van der Waals surface area contributed by atoms with E-state index in [1.54, 1.807) is 18.2 Å². The second kappa shape index (κ2) is 7.24. The lowest BCUT2D eigenvalue weighted by Gasteiger charge is -2.31. The molecule has 1 atom stereocenters. The van der Waals surface area contributed by atoms with Gasteiger partial charge in [0, 0.05) is 11.8 Å². The fourth-order valence-electron chi connectivity index (χ4n) is 3.59. The lowest BCUT2D eigenvalue weighted by atomic mass is 10.2. The first-order chi connectivity index (χ1) is 13.1. The van der Waals surface area contributed by atoms with Gasteiger partial charge in [0.2, 0.25) is 0 Å². The lowest BCUT2D eigenvalue weighted by Crippen LogP contribution is -3.19. The SMILES string of the molecule is C[C@H](C(=O)Nc1ccc2[nH]c(=O)[nH]c2c1)[NH+]1CCN(c2cccc[nH+]2)CC1. The molecule has 1 aromatic carbocycles. The Hall–Kier alpha value is -3.13. The van der Waals surface area contributed by atoms with Crippen LogP contribution in [0.4, 0.5) is 11.5 Å². The summed E-state index contributed by atoms with van der Waals surface area (Å²) in [4.78, 5) is 36.3. The molecular weight excluding hydrogens is 344 g/mol. The van der Waals surface area contributed by atoms with E-state index in [1.807, 2.05) is 25.3 Å². The first-order valence-corrected chi connectivity index (χ1v) is 9.19. The van der Waals surface area contributed by atoms with Crippen molar-refractivity contribution in [2.45, 2.75) is 13.0 Å². The van der Waals surface area contributed by atoms with Crippen molar-refractivity contribution >= 4 is 28.4 Å². The molecule has 3 heterocycles. The molecule has 8 heteroatoms. The third kappa shape index (κ3) is 3.70. The van der Waals surface area contributed by atoms with Gasteiger partial charge < -0.3 is 20.2 Å². The van der Waals surface area contributed by atoms with Gasteiger partial charge in [0.1, 0.15) is 26.2 Å². The minimum Gasteiger partial charge on any atom is -0.321 e. The average molecular weight is 368 g/mol. The predicted octanol–water partition coefficient (Wildman–Crippen LogP) is -0.598. The molecule has 140 valence electrons. The zero-order valence-electron chi connectivity index (χ0n) is 15.2. The molecule has 0 radical (unpaired) electrons. The van der Waals surface area contributed by atoms with E-state index >= 15 is 0 Å². The van der Waals surface area contributed by atoms with Crippen molar-refractivity contribution in [2.24, 2.45) is 0 Å². The molecule has 27 heavy (non-hydrogen) atoms. The number of carbonyl (C=O) groups excluding carboxylic acids is 1. The van der Waals surface area contributed by atoms with Crippen molar-refractivity contribution in [2.75, 3.05) is 36.4 Å². The molecule has 2 aromatic heterocycles. The van der Waals surface area contributed by atoms with E-state index in [4.69, 9.17) is 0 Å². The molecule has 8 nitrogen and oxygen atoms in total. The van der Waals surface area contributed by atoms with Crippen molar-refractivity contribution in [1.82, 2.24) is 9.97 Å². The van der Waals surface area contributed by atoms with Crippen LogP contribution < -0.4 is 25.8 Å². The Kier molecular flexibility index (Phi) is 4.64. The maximum absolute atomic E-state index is 12.7. The number of anilines is 2. The van der Waals surface area contributed by atoms with Crippen LogP contribution in [-0.2, 0) is 4.79 Å². The van der Waals surface area contributed by atoms with Gasteiger partial charge in [0.05, 0.1) is 17.2 Å². The highest BCUT2D eigenvalue weighted by Gasteiger charge is 2.32. The molecule has 0 spiro atoms. The van der Waals surface area contributed by atoms with E-state index in [0.717, 1.165) is 37.5 Å². The molecule has 1 amide bonds. The van der Waals surface area contributed by atoms with Crippen LogP contribution in [0.3, 0.4) is 0 Å². The van der Waals surface area contributed by atoms with E-state index in [-0.39, 0.29) is 17.6 Å². The Morgan fingerprint density at radius 3 is 2.70 bits per heavy atom. The second-order valence-electron chi connectivity index (χ2n) is 6.94. The van der Waals surface area contributed by atoms with Crippen LogP contribution in [0.2, 0.25) is 0 Å². The summed E-state index contributed by atoms with van der Waals surface area (Å²) in [7, 11) is 0. The number of benzene rings is 1. The normalized spacial score (nSPS) is 16.4. The molecule has 3 aromatic rings. The van der Waals surface area contributed by atoms with Gasteiger partial charge >= 0.3 is 5.69 Å². The number of nitrogens with zero attached hydrogens (tertiary/aromatic N) is 1. The lowest BCUT2D eigenvalue weighted by molar-refractivity contribution is -0.914. The number of imidazole rings is 1. The van der Waals surface area contributed by atoms with E-state index in [9.17, 15) is 9.59 Å². The van der Waals surface area contributed by atoms with Gasteiger partial charge in [-0.2, -0.15) is 0 Å².